The van der Waals surface area contributed by atoms with Crippen LogP contribution in [0.2, 0.25) is 0 Å². The second-order valence-electron chi connectivity index (χ2n) is 7.95. The van der Waals surface area contributed by atoms with Crippen LogP contribution in [-0.4, -0.2) is 22.4 Å². The number of benzene rings is 1. The molecule has 2 unspecified atom stereocenters. The van der Waals surface area contributed by atoms with Crippen LogP contribution >= 0.6 is 0 Å². The molecular formula is C23H34O2. The summed E-state index contributed by atoms with van der Waals surface area (Å²) in [5.41, 5.74) is 3.31. The molecule has 0 saturated carbocycles. The van der Waals surface area contributed by atoms with E-state index in [4.69, 9.17) is 0 Å². The molecule has 0 bridgehead atoms. The number of allylic oxidation sites excluding steroid dienone is 2. The summed E-state index contributed by atoms with van der Waals surface area (Å²) in [6.45, 7) is 10.6. The van der Waals surface area contributed by atoms with Gasteiger partial charge in [0.05, 0.1) is 6.61 Å². The second-order valence-corrected chi connectivity index (χ2v) is 7.95. The van der Waals surface area contributed by atoms with Crippen molar-refractivity contribution < 1.29 is 10.2 Å². The average molecular weight is 343 g/mol. The molecule has 2 nitrogen and oxygen atoms in total. The van der Waals surface area contributed by atoms with E-state index in [-0.39, 0.29) is 18.4 Å². The molecule has 1 aliphatic carbocycles. The molecule has 0 amide bonds. The predicted molar refractivity (Wildman–Crippen MR) is 106 cm³/mol. The minimum atomic E-state index is -1.23. The SMILES string of the molecule is CCCCC1=C(c2ccccc2)C(O)(CO)C(C(C)C)C=C1C(C)C. The molecule has 0 radical (unpaired) electrons. The lowest BCUT2D eigenvalue weighted by molar-refractivity contribution is -0.0135. The number of aliphatic hydroxyl groups excluding tert-OH is 1. The van der Waals surface area contributed by atoms with Crippen molar-refractivity contribution in [2.24, 2.45) is 17.8 Å². The lowest BCUT2D eigenvalue weighted by atomic mass is 9.65. The van der Waals surface area contributed by atoms with E-state index in [0.29, 0.717) is 5.92 Å². The van der Waals surface area contributed by atoms with Crippen LogP contribution in [0.3, 0.4) is 0 Å². The number of unbranched alkanes of at least 4 members (excludes halogenated alkanes) is 1. The van der Waals surface area contributed by atoms with Gasteiger partial charge in [-0.3, -0.25) is 0 Å². The molecule has 2 atom stereocenters. The van der Waals surface area contributed by atoms with Gasteiger partial charge in [-0.05, 0) is 47.0 Å². The van der Waals surface area contributed by atoms with Gasteiger partial charge in [0.15, 0.2) is 0 Å². The quantitative estimate of drug-likeness (QED) is 0.713. The molecule has 2 heteroatoms. The predicted octanol–water partition coefficient (Wildman–Crippen LogP) is 5.22. The van der Waals surface area contributed by atoms with Gasteiger partial charge >= 0.3 is 0 Å². The minimum absolute atomic E-state index is 0.0875. The van der Waals surface area contributed by atoms with E-state index in [1.54, 1.807) is 0 Å². The van der Waals surface area contributed by atoms with Crippen LogP contribution < -0.4 is 0 Å². The van der Waals surface area contributed by atoms with Gasteiger partial charge in [-0.1, -0.05) is 77.4 Å². The van der Waals surface area contributed by atoms with E-state index in [1.165, 1.54) is 11.1 Å². The maximum Gasteiger partial charge on any atom is 0.120 e. The molecule has 0 spiro atoms. The molecule has 1 aromatic carbocycles. The third-order valence-electron chi connectivity index (χ3n) is 5.42. The summed E-state index contributed by atoms with van der Waals surface area (Å²) >= 11 is 0. The van der Waals surface area contributed by atoms with Gasteiger partial charge in [0.25, 0.3) is 0 Å². The highest BCUT2D eigenvalue weighted by Gasteiger charge is 2.45. The molecule has 0 saturated heterocycles. The van der Waals surface area contributed by atoms with Crippen molar-refractivity contribution in [3.8, 4) is 0 Å². The van der Waals surface area contributed by atoms with Crippen molar-refractivity contribution in [3.05, 3.63) is 53.1 Å². The topological polar surface area (TPSA) is 40.5 Å². The fourth-order valence-corrected chi connectivity index (χ4v) is 4.13. The molecule has 0 heterocycles. The maximum atomic E-state index is 11.6. The first-order valence-electron chi connectivity index (χ1n) is 9.71. The standard InChI is InChI=1S/C23H34O2/c1-6-7-13-19-20(16(2)3)14-21(17(4)5)23(25,15-24)22(19)18-11-9-8-10-12-18/h8-12,14,16-17,21,24-25H,6-7,13,15H2,1-5H3. The van der Waals surface area contributed by atoms with E-state index in [1.807, 2.05) is 18.2 Å². The Labute approximate surface area is 153 Å². The summed E-state index contributed by atoms with van der Waals surface area (Å²) in [6.07, 6.45) is 5.38. The molecule has 1 aromatic rings. The second kappa shape index (κ2) is 8.33. The summed E-state index contributed by atoms with van der Waals surface area (Å²) in [5.74, 6) is 0.558. The Morgan fingerprint density at radius 3 is 2.20 bits per heavy atom. The fourth-order valence-electron chi connectivity index (χ4n) is 4.13. The van der Waals surface area contributed by atoms with E-state index in [2.05, 4.69) is 52.8 Å². The Morgan fingerprint density at radius 1 is 1.08 bits per heavy atom. The molecule has 2 rings (SSSR count). The van der Waals surface area contributed by atoms with Crippen molar-refractivity contribution in [1.29, 1.82) is 0 Å². The Hall–Kier alpha value is -1.38. The Morgan fingerprint density at radius 2 is 1.72 bits per heavy atom. The van der Waals surface area contributed by atoms with E-state index in [0.717, 1.165) is 30.4 Å². The Kier molecular flexibility index (Phi) is 6.65. The van der Waals surface area contributed by atoms with Crippen LogP contribution in [0.1, 0.15) is 59.4 Å². The summed E-state index contributed by atoms with van der Waals surface area (Å²) in [5, 5.41) is 21.9. The molecule has 2 N–H and O–H groups in total. The normalized spacial score (nSPS) is 24.2. The van der Waals surface area contributed by atoms with E-state index < -0.39 is 5.60 Å². The third kappa shape index (κ3) is 3.91. The molecule has 138 valence electrons. The minimum Gasteiger partial charge on any atom is -0.393 e. The van der Waals surface area contributed by atoms with Crippen LogP contribution in [0.15, 0.2) is 47.6 Å². The molecule has 0 aliphatic heterocycles. The first-order valence-corrected chi connectivity index (χ1v) is 9.71. The van der Waals surface area contributed by atoms with Gasteiger partial charge in [-0.2, -0.15) is 0 Å². The molecule has 1 aliphatic rings. The largest absolute Gasteiger partial charge is 0.393 e. The van der Waals surface area contributed by atoms with Gasteiger partial charge in [0, 0.05) is 5.92 Å². The first-order chi connectivity index (χ1) is 11.9. The van der Waals surface area contributed by atoms with Crippen LogP contribution in [0.5, 0.6) is 0 Å². The van der Waals surface area contributed by atoms with Crippen molar-refractivity contribution in [2.45, 2.75) is 59.5 Å². The zero-order chi connectivity index (χ0) is 18.6. The van der Waals surface area contributed by atoms with Gasteiger partial charge in [0.1, 0.15) is 5.60 Å². The van der Waals surface area contributed by atoms with Gasteiger partial charge in [-0.25, -0.2) is 0 Å². The van der Waals surface area contributed by atoms with Crippen molar-refractivity contribution in [1.82, 2.24) is 0 Å². The Bertz CT molecular complexity index is 625. The molecule has 25 heavy (non-hydrogen) atoms. The van der Waals surface area contributed by atoms with Gasteiger partial charge in [0.2, 0.25) is 0 Å². The van der Waals surface area contributed by atoms with E-state index in [9.17, 15) is 10.2 Å². The average Bonchev–Trinajstić information content (AvgIpc) is 2.59. The summed E-state index contributed by atoms with van der Waals surface area (Å²) in [7, 11) is 0. The highest BCUT2D eigenvalue weighted by Crippen LogP contribution is 2.48. The van der Waals surface area contributed by atoms with Crippen molar-refractivity contribution in [3.63, 3.8) is 0 Å². The number of rotatable bonds is 7. The lowest BCUT2D eigenvalue weighted by Gasteiger charge is -2.44. The summed E-state index contributed by atoms with van der Waals surface area (Å²) in [4.78, 5) is 0. The first kappa shape index (κ1) is 19.9. The molecule has 0 fully saturated rings. The van der Waals surface area contributed by atoms with Gasteiger partial charge in [-0.15, -0.1) is 0 Å². The smallest absolute Gasteiger partial charge is 0.120 e. The fraction of sp³-hybridized carbons (Fsp3) is 0.565. The van der Waals surface area contributed by atoms with Crippen LogP contribution in [-0.2, 0) is 0 Å². The number of hydrogen-bond acceptors (Lipinski definition) is 2. The monoisotopic (exact) mass is 342 g/mol. The van der Waals surface area contributed by atoms with Crippen molar-refractivity contribution >= 4 is 5.57 Å². The Balaban J connectivity index is 2.75. The molecule has 0 aromatic heterocycles. The lowest BCUT2D eigenvalue weighted by Crippen LogP contribution is -2.47. The van der Waals surface area contributed by atoms with E-state index >= 15 is 0 Å². The molecular weight excluding hydrogens is 308 g/mol. The zero-order valence-corrected chi connectivity index (χ0v) is 16.4. The third-order valence-corrected chi connectivity index (χ3v) is 5.42. The number of aliphatic hydroxyl groups is 2. The highest BCUT2D eigenvalue weighted by atomic mass is 16.3. The van der Waals surface area contributed by atoms with Crippen molar-refractivity contribution in [2.75, 3.05) is 6.61 Å². The maximum absolute atomic E-state index is 11.6. The van der Waals surface area contributed by atoms with Crippen LogP contribution in [0.4, 0.5) is 0 Å². The number of hydrogen-bond donors (Lipinski definition) is 2. The summed E-state index contributed by atoms with van der Waals surface area (Å²) < 4.78 is 0. The van der Waals surface area contributed by atoms with Gasteiger partial charge < -0.3 is 10.2 Å². The van der Waals surface area contributed by atoms with Crippen LogP contribution in [0, 0.1) is 17.8 Å². The highest BCUT2D eigenvalue weighted by molar-refractivity contribution is 5.80. The zero-order valence-electron chi connectivity index (χ0n) is 16.4. The summed E-state index contributed by atoms with van der Waals surface area (Å²) in [6, 6.07) is 10.1. The van der Waals surface area contributed by atoms with Crippen LogP contribution in [0.25, 0.3) is 5.57 Å².